The van der Waals surface area contributed by atoms with Gasteiger partial charge in [0.05, 0.1) is 16.9 Å². The van der Waals surface area contributed by atoms with E-state index in [1.54, 1.807) is 6.92 Å². The summed E-state index contributed by atoms with van der Waals surface area (Å²) in [5, 5.41) is 9.49. The van der Waals surface area contributed by atoms with Gasteiger partial charge in [0.25, 0.3) is 0 Å². The topological polar surface area (TPSA) is 37.3 Å². The Bertz CT molecular complexity index is 487. The maximum Gasteiger partial charge on any atom is 0.0536 e. The van der Waals surface area contributed by atoms with Crippen LogP contribution in [0.5, 0.6) is 0 Å². The van der Waals surface area contributed by atoms with Crippen LogP contribution >= 0.6 is 0 Å². The second-order valence-electron chi connectivity index (χ2n) is 7.18. The van der Waals surface area contributed by atoms with Gasteiger partial charge in [0.1, 0.15) is 0 Å². The van der Waals surface area contributed by atoms with Gasteiger partial charge in [0.15, 0.2) is 0 Å². The number of benzene rings is 1. The van der Waals surface area contributed by atoms with Crippen LogP contribution in [0.4, 0.5) is 0 Å². The van der Waals surface area contributed by atoms with Gasteiger partial charge in [-0.3, -0.25) is 4.21 Å². The Balaban J connectivity index is 3.41. The van der Waals surface area contributed by atoms with Gasteiger partial charge in [-0.25, -0.2) is 0 Å². The number of hydrogen-bond donors (Lipinski definition) is 1. The summed E-state index contributed by atoms with van der Waals surface area (Å²) in [6.07, 6.45) is 0.178. The minimum absolute atomic E-state index is 0.349. The van der Waals surface area contributed by atoms with Crippen molar-refractivity contribution in [3.63, 3.8) is 0 Å². The van der Waals surface area contributed by atoms with E-state index in [0.29, 0.717) is 29.9 Å². The summed E-state index contributed by atoms with van der Waals surface area (Å²) < 4.78 is 12.9. The van der Waals surface area contributed by atoms with Gasteiger partial charge in [-0.05, 0) is 47.8 Å². The van der Waals surface area contributed by atoms with Crippen molar-refractivity contribution in [2.75, 3.05) is 5.75 Å². The van der Waals surface area contributed by atoms with E-state index in [2.05, 4.69) is 53.7 Å². The molecule has 0 saturated heterocycles. The van der Waals surface area contributed by atoms with E-state index in [0.717, 1.165) is 4.90 Å². The zero-order valence-electron chi connectivity index (χ0n) is 15.1. The molecule has 2 atom stereocenters. The van der Waals surface area contributed by atoms with Crippen molar-refractivity contribution in [3.05, 3.63) is 28.8 Å². The van der Waals surface area contributed by atoms with Crippen LogP contribution in [0, 0.1) is 0 Å². The van der Waals surface area contributed by atoms with E-state index in [1.807, 2.05) is 0 Å². The van der Waals surface area contributed by atoms with Crippen LogP contribution in [0.15, 0.2) is 17.0 Å². The average molecular weight is 325 g/mol. The molecule has 0 radical (unpaired) electrons. The van der Waals surface area contributed by atoms with E-state index in [1.165, 1.54) is 16.7 Å². The molecule has 0 bridgehead atoms. The highest BCUT2D eigenvalue weighted by atomic mass is 32.2. The third-order valence-corrected chi connectivity index (χ3v) is 5.56. The van der Waals surface area contributed by atoms with Crippen LogP contribution in [-0.4, -0.2) is 21.2 Å². The average Bonchev–Trinajstić information content (AvgIpc) is 2.42. The van der Waals surface area contributed by atoms with Crippen LogP contribution in [0.1, 0.15) is 89.3 Å². The molecule has 0 saturated carbocycles. The van der Waals surface area contributed by atoms with Gasteiger partial charge < -0.3 is 5.11 Å². The molecular weight excluding hydrogens is 292 g/mol. The lowest BCUT2D eigenvalue weighted by Crippen LogP contribution is -2.13. The van der Waals surface area contributed by atoms with Crippen molar-refractivity contribution in [2.24, 2.45) is 0 Å². The molecule has 126 valence electrons. The summed E-state index contributed by atoms with van der Waals surface area (Å²) in [6, 6.07) is 4.47. The van der Waals surface area contributed by atoms with Gasteiger partial charge in [0, 0.05) is 10.6 Å². The Morgan fingerprint density at radius 2 is 1.36 bits per heavy atom. The van der Waals surface area contributed by atoms with Crippen LogP contribution in [0.2, 0.25) is 0 Å². The van der Waals surface area contributed by atoms with E-state index >= 15 is 0 Å². The first-order valence-electron chi connectivity index (χ1n) is 8.39. The fraction of sp³-hybridized carbons (Fsp3) is 0.684. The molecule has 0 heterocycles. The highest BCUT2D eigenvalue weighted by Gasteiger charge is 2.21. The molecule has 0 spiro atoms. The predicted octanol–water partition coefficient (Wildman–Crippen LogP) is 4.94. The highest BCUT2D eigenvalue weighted by Crippen LogP contribution is 2.34. The molecule has 0 unspecified atom stereocenters. The minimum Gasteiger partial charge on any atom is -0.393 e. The molecule has 1 N–H and O–H groups in total. The molecule has 0 fully saturated rings. The van der Waals surface area contributed by atoms with E-state index in [4.69, 9.17) is 0 Å². The molecule has 1 aromatic rings. The summed E-state index contributed by atoms with van der Waals surface area (Å²) in [5.74, 6) is 1.69. The lowest BCUT2D eigenvalue weighted by atomic mass is 9.89. The van der Waals surface area contributed by atoms with E-state index in [9.17, 15) is 9.32 Å². The summed E-state index contributed by atoms with van der Waals surface area (Å²) >= 11 is 0. The van der Waals surface area contributed by atoms with E-state index < -0.39 is 16.9 Å². The number of aliphatic hydroxyl groups is 1. The molecule has 3 heteroatoms. The molecule has 0 amide bonds. The highest BCUT2D eigenvalue weighted by molar-refractivity contribution is 7.85. The monoisotopic (exact) mass is 324 g/mol. The van der Waals surface area contributed by atoms with Crippen molar-refractivity contribution in [1.82, 2.24) is 0 Å². The lowest BCUT2D eigenvalue weighted by molar-refractivity contribution is 0.192. The van der Waals surface area contributed by atoms with Crippen molar-refractivity contribution < 1.29 is 9.32 Å². The predicted molar refractivity (Wildman–Crippen MR) is 96.3 cm³/mol. The van der Waals surface area contributed by atoms with Crippen molar-refractivity contribution in [1.29, 1.82) is 0 Å². The van der Waals surface area contributed by atoms with E-state index in [-0.39, 0.29) is 0 Å². The maximum atomic E-state index is 12.9. The fourth-order valence-electron chi connectivity index (χ4n) is 2.53. The second kappa shape index (κ2) is 8.26. The standard InChI is InChI=1S/C19H32O2S/c1-12(2)16-10-17(13(3)4)19(18(11-16)14(5)6)22(21)9-8-15(7)20/h10-15,20H,8-9H2,1-7H3/t15-,22-/m0/s1. The fourth-order valence-corrected chi connectivity index (χ4v) is 4.41. The Labute approximate surface area is 138 Å². The Morgan fingerprint density at radius 3 is 1.68 bits per heavy atom. The van der Waals surface area contributed by atoms with Gasteiger partial charge >= 0.3 is 0 Å². The Hall–Kier alpha value is -0.670. The molecular formula is C19H32O2S. The Morgan fingerprint density at radius 1 is 0.909 bits per heavy atom. The largest absolute Gasteiger partial charge is 0.393 e. The summed E-state index contributed by atoms with van der Waals surface area (Å²) in [4.78, 5) is 1.01. The first kappa shape index (κ1) is 19.4. The van der Waals surface area contributed by atoms with Gasteiger partial charge in [-0.1, -0.05) is 53.7 Å². The number of aliphatic hydroxyl groups excluding tert-OH is 1. The summed E-state index contributed by atoms with van der Waals surface area (Å²) in [6.45, 7) is 14.8. The number of hydrogen-bond acceptors (Lipinski definition) is 2. The minimum atomic E-state index is -1.05. The molecule has 0 aliphatic heterocycles. The van der Waals surface area contributed by atoms with Crippen LogP contribution < -0.4 is 0 Å². The molecule has 0 aliphatic rings. The first-order chi connectivity index (χ1) is 10.1. The molecule has 0 aliphatic carbocycles. The molecule has 22 heavy (non-hydrogen) atoms. The molecule has 1 aromatic carbocycles. The smallest absolute Gasteiger partial charge is 0.0536 e. The third-order valence-electron chi connectivity index (χ3n) is 4.03. The lowest BCUT2D eigenvalue weighted by Gasteiger charge is -2.22. The van der Waals surface area contributed by atoms with Crippen molar-refractivity contribution >= 4 is 10.8 Å². The first-order valence-corrected chi connectivity index (χ1v) is 9.71. The van der Waals surface area contributed by atoms with Crippen molar-refractivity contribution in [3.8, 4) is 0 Å². The van der Waals surface area contributed by atoms with Crippen LogP contribution in [0.3, 0.4) is 0 Å². The van der Waals surface area contributed by atoms with Crippen LogP contribution in [-0.2, 0) is 10.8 Å². The normalized spacial score (nSPS) is 14.9. The summed E-state index contributed by atoms with van der Waals surface area (Å²) in [5.41, 5.74) is 3.74. The summed E-state index contributed by atoms with van der Waals surface area (Å²) in [7, 11) is -1.05. The van der Waals surface area contributed by atoms with Crippen molar-refractivity contribution in [2.45, 2.75) is 83.6 Å². The molecule has 1 rings (SSSR count). The number of rotatable bonds is 7. The third kappa shape index (κ3) is 4.92. The van der Waals surface area contributed by atoms with Gasteiger partial charge in [-0.15, -0.1) is 0 Å². The quantitative estimate of drug-likeness (QED) is 0.771. The van der Waals surface area contributed by atoms with Crippen LogP contribution in [0.25, 0.3) is 0 Å². The zero-order valence-corrected chi connectivity index (χ0v) is 16.0. The Kier molecular flexibility index (Phi) is 7.27. The molecule has 0 aromatic heterocycles. The molecule has 2 nitrogen and oxygen atoms in total. The maximum absolute atomic E-state index is 12.9. The second-order valence-corrected chi connectivity index (χ2v) is 8.69. The van der Waals surface area contributed by atoms with Gasteiger partial charge in [0.2, 0.25) is 0 Å². The van der Waals surface area contributed by atoms with Gasteiger partial charge in [-0.2, -0.15) is 0 Å². The SMILES string of the molecule is CC(C)c1cc(C(C)C)c([S@@](=O)CC[C@H](C)O)c(C(C)C)c1. The zero-order chi connectivity index (χ0) is 17.0.